The zero-order valence-corrected chi connectivity index (χ0v) is 15.1. The Kier molecular flexibility index (Phi) is 6.01. The summed E-state index contributed by atoms with van der Waals surface area (Å²) in [6.07, 6.45) is 0. The quantitative estimate of drug-likeness (QED) is 0.595. The average Bonchev–Trinajstić information content (AvgIpc) is 2.89. The van der Waals surface area contributed by atoms with Gasteiger partial charge in [-0.2, -0.15) is 0 Å². The van der Waals surface area contributed by atoms with Crippen LogP contribution in [0.25, 0.3) is 0 Å². The highest BCUT2D eigenvalue weighted by molar-refractivity contribution is 5.89. The molecule has 0 N–H and O–H groups in total. The number of ether oxygens (including phenoxy) is 3. The average molecular weight is 380 g/mol. The van der Waals surface area contributed by atoms with Gasteiger partial charge in [0, 0.05) is 0 Å². The number of halogens is 1. The molecule has 0 aromatic heterocycles. The standard InChI is InChI=1S/C22H17FO5/c1-26-22(25)16-11-12-18(17(23)13-16)28-20-10-6-5-9-19(21(20)24)27-14-15-7-3-2-4-8-15/h2-13H,14H2,1H3. The first-order chi connectivity index (χ1) is 13.6. The third kappa shape index (κ3) is 4.54. The van der Waals surface area contributed by atoms with Crippen LogP contribution in [0.3, 0.4) is 0 Å². The van der Waals surface area contributed by atoms with Gasteiger partial charge >= 0.3 is 5.97 Å². The lowest BCUT2D eigenvalue weighted by atomic mass is 10.2. The molecule has 0 unspecified atom stereocenters. The second-order valence-corrected chi connectivity index (χ2v) is 5.79. The molecule has 28 heavy (non-hydrogen) atoms. The summed E-state index contributed by atoms with van der Waals surface area (Å²) in [5, 5.41) is 0. The van der Waals surface area contributed by atoms with Crippen molar-refractivity contribution in [3.63, 3.8) is 0 Å². The molecule has 0 amide bonds. The second-order valence-electron chi connectivity index (χ2n) is 5.79. The van der Waals surface area contributed by atoms with Crippen molar-refractivity contribution in [1.29, 1.82) is 0 Å². The molecule has 0 saturated carbocycles. The van der Waals surface area contributed by atoms with Crippen LogP contribution in [0.5, 0.6) is 17.2 Å². The number of rotatable bonds is 6. The molecule has 0 fully saturated rings. The van der Waals surface area contributed by atoms with Crippen molar-refractivity contribution in [3.8, 4) is 17.2 Å². The number of carbonyl (C=O) groups is 1. The van der Waals surface area contributed by atoms with Gasteiger partial charge in [-0.05, 0) is 35.9 Å². The summed E-state index contributed by atoms with van der Waals surface area (Å²) in [5.74, 6) is -1.67. The van der Waals surface area contributed by atoms with Crippen molar-refractivity contribution in [2.24, 2.45) is 0 Å². The molecule has 3 aromatic rings. The molecule has 3 rings (SSSR count). The number of benzene rings is 2. The van der Waals surface area contributed by atoms with E-state index in [-0.39, 0.29) is 29.4 Å². The van der Waals surface area contributed by atoms with E-state index in [1.54, 1.807) is 12.1 Å². The molecular weight excluding hydrogens is 363 g/mol. The molecule has 0 heterocycles. The Bertz CT molecular complexity index is 1030. The fourth-order valence-corrected chi connectivity index (χ4v) is 2.43. The summed E-state index contributed by atoms with van der Waals surface area (Å²) >= 11 is 0. The van der Waals surface area contributed by atoms with Gasteiger partial charge in [0.25, 0.3) is 5.43 Å². The van der Waals surface area contributed by atoms with Crippen LogP contribution in [-0.4, -0.2) is 13.1 Å². The lowest BCUT2D eigenvalue weighted by molar-refractivity contribution is 0.0600. The fraction of sp³-hybridized carbons (Fsp3) is 0.0909. The third-order valence-electron chi connectivity index (χ3n) is 3.86. The van der Waals surface area contributed by atoms with Crippen LogP contribution in [-0.2, 0) is 11.3 Å². The Hall–Kier alpha value is -3.67. The summed E-state index contributed by atoms with van der Waals surface area (Å²) < 4.78 is 29.9. The Labute approximate surface area is 160 Å². The summed E-state index contributed by atoms with van der Waals surface area (Å²) in [7, 11) is 1.20. The molecule has 0 saturated heterocycles. The fourth-order valence-electron chi connectivity index (χ4n) is 2.43. The molecule has 3 aromatic carbocycles. The first-order valence-electron chi connectivity index (χ1n) is 8.44. The van der Waals surface area contributed by atoms with Crippen LogP contribution in [0.4, 0.5) is 4.39 Å². The highest BCUT2D eigenvalue weighted by Gasteiger charge is 2.13. The number of carbonyl (C=O) groups excluding carboxylic acids is 1. The van der Waals surface area contributed by atoms with E-state index in [1.807, 2.05) is 30.3 Å². The molecule has 0 aliphatic rings. The van der Waals surface area contributed by atoms with Crippen molar-refractivity contribution >= 4 is 5.97 Å². The molecule has 0 atom stereocenters. The van der Waals surface area contributed by atoms with E-state index >= 15 is 0 Å². The molecule has 0 aliphatic carbocycles. The highest BCUT2D eigenvalue weighted by Crippen LogP contribution is 2.24. The van der Waals surface area contributed by atoms with Crippen LogP contribution in [0, 0.1) is 5.82 Å². The maximum atomic E-state index is 14.3. The summed E-state index contributed by atoms with van der Waals surface area (Å²) in [4.78, 5) is 24.1. The Morgan fingerprint density at radius 1 is 0.893 bits per heavy atom. The molecular formula is C22H17FO5. The van der Waals surface area contributed by atoms with Gasteiger partial charge < -0.3 is 14.2 Å². The molecule has 142 valence electrons. The van der Waals surface area contributed by atoms with Crippen LogP contribution in [0.15, 0.2) is 77.6 Å². The van der Waals surface area contributed by atoms with E-state index in [0.29, 0.717) is 0 Å². The van der Waals surface area contributed by atoms with Gasteiger partial charge in [0.1, 0.15) is 6.61 Å². The monoisotopic (exact) mass is 380 g/mol. The van der Waals surface area contributed by atoms with E-state index in [0.717, 1.165) is 11.6 Å². The van der Waals surface area contributed by atoms with Gasteiger partial charge in [-0.25, -0.2) is 9.18 Å². The summed E-state index contributed by atoms with van der Waals surface area (Å²) in [6.45, 7) is 0.210. The normalized spacial score (nSPS) is 10.2. The van der Waals surface area contributed by atoms with Gasteiger partial charge in [-0.3, -0.25) is 4.79 Å². The number of hydrogen-bond donors (Lipinski definition) is 0. The summed E-state index contributed by atoms with van der Waals surface area (Å²) in [5.41, 5.74) is 0.429. The van der Waals surface area contributed by atoms with E-state index < -0.39 is 17.2 Å². The van der Waals surface area contributed by atoms with E-state index in [2.05, 4.69) is 4.74 Å². The molecule has 0 radical (unpaired) electrons. The lowest BCUT2D eigenvalue weighted by Crippen LogP contribution is -2.08. The molecule has 6 heteroatoms. The zero-order valence-electron chi connectivity index (χ0n) is 15.1. The van der Waals surface area contributed by atoms with Crippen LogP contribution >= 0.6 is 0 Å². The highest BCUT2D eigenvalue weighted by atomic mass is 19.1. The second kappa shape index (κ2) is 8.81. The smallest absolute Gasteiger partial charge is 0.337 e. The van der Waals surface area contributed by atoms with E-state index in [1.165, 1.54) is 31.4 Å². The molecule has 5 nitrogen and oxygen atoms in total. The van der Waals surface area contributed by atoms with E-state index in [4.69, 9.17) is 9.47 Å². The van der Waals surface area contributed by atoms with Gasteiger partial charge in [-0.15, -0.1) is 0 Å². The van der Waals surface area contributed by atoms with Gasteiger partial charge in [-0.1, -0.05) is 42.5 Å². The maximum absolute atomic E-state index is 14.3. The van der Waals surface area contributed by atoms with Crippen molar-refractivity contribution in [2.45, 2.75) is 6.61 Å². The molecule has 0 spiro atoms. The predicted molar refractivity (Wildman–Crippen MR) is 101 cm³/mol. The lowest BCUT2D eigenvalue weighted by Gasteiger charge is -2.08. The SMILES string of the molecule is COC(=O)c1ccc(Oc2ccccc(OCc3ccccc3)c2=O)c(F)c1. The van der Waals surface area contributed by atoms with Crippen LogP contribution in [0.2, 0.25) is 0 Å². The van der Waals surface area contributed by atoms with Gasteiger partial charge in [0.2, 0.25) is 0 Å². The van der Waals surface area contributed by atoms with Crippen molar-refractivity contribution in [1.82, 2.24) is 0 Å². The first kappa shape index (κ1) is 19.1. The van der Waals surface area contributed by atoms with Gasteiger partial charge in [0.15, 0.2) is 23.1 Å². The minimum Gasteiger partial charge on any atom is -0.485 e. The number of methoxy groups -OCH3 is 1. The largest absolute Gasteiger partial charge is 0.485 e. The van der Waals surface area contributed by atoms with Crippen LogP contribution in [0.1, 0.15) is 15.9 Å². The Balaban J connectivity index is 1.84. The predicted octanol–water partition coefficient (Wildman–Crippen LogP) is 4.34. The number of esters is 1. The molecule has 0 aliphatic heterocycles. The minimum absolute atomic E-state index is 0.0418. The zero-order chi connectivity index (χ0) is 19.9. The Morgan fingerprint density at radius 3 is 2.25 bits per heavy atom. The van der Waals surface area contributed by atoms with Crippen molar-refractivity contribution in [3.05, 3.63) is 100.0 Å². The van der Waals surface area contributed by atoms with Crippen molar-refractivity contribution in [2.75, 3.05) is 7.11 Å². The Morgan fingerprint density at radius 2 is 1.57 bits per heavy atom. The van der Waals surface area contributed by atoms with E-state index in [9.17, 15) is 14.0 Å². The maximum Gasteiger partial charge on any atom is 0.337 e. The van der Waals surface area contributed by atoms with Crippen molar-refractivity contribution < 1.29 is 23.4 Å². The first-order valence-corrected chi connectivity index (χ1v) is 8.44. The topological polar surface area (TPSA) is 61.8 Å². The van der Waals surface area contributed by atoms with Crippen LogP contribution < -0.4 is 14.9 Å². The summed E-state index contributed by atoms with van der Waals surface area (Å²) in [6, 6.07) is 19.2. The number of hydrogen-bond acceptors (Lipinski definition) is 5. The minimum atomic E-state index is -0.791. The third-order valence-corrected chi connectivity index (χ3v) is 3.86. The van der Waals surface area contributed by atoms with Gasteiger partial charge in [0.05, 0.1) is 12.7 Å². The molecule has 0 bridgehead atoms.